The zero-order valence-electron chi connectivity index (χ0n) is 10.4. The van der Waals surface area contributed by atoms with Crippen LogP contribution in [0.4, 0.5) is 5.82 Å². The van der Waals surface area contributed by atoms with E-state index in [0.29, 0.717) is 5.82 Å². The van der Waals surface area contributed by atoms with E-state index in [0.717, 1.165) is 32.5 Å². The zero-order valence-corrected chi connectivity index (χ0v) is 12.5. The third kappa shape index (κ3) is 2.30. The fourth-order valence-electron chi connectivity index (χ4n) is 1.94. The van der Waals surface area contributed by atoms with E-state index in [9.17, 15) is 0 Å². The maximum atomic E-state index is 5.53. The van der Waals surface area contributed by atoms with Crippen molar-refractivity contribution in [2.24, 2.45) is 0 Å². The van der Waals surface area contributed by atoms with Crippen LogP contribution in [0.15, 0.2) is 41.1 Å². The molecule has 0 atom stereocenters. The molecule has 0 spiro atoms. The summed E-state index contributed by atoms with van der Waals surface area (Å²) in [6.07, 6.45) is 3.53. The average molecular weight is 365 g/mol. The molecule has 0 unspecified atom stereocenters. The molecule has 0 saturated heterocycles. The third-order valence-corrected chi connectivity index (χ3v) is 3.60. The predicted molar refractivity (Wildman–Crippen MR) is 84.1 cm³/mol. The van der Waals surface area contributed by atoms with Crippen molar-refractivity contribution < 1.29 is 4.42 Å². The molecule has 3 rings (SSSR count). The summed E-state index contributed by atoms with van der Waals surface area (Å²) in [6, 6.07) is 7.90. The summed E-state index contributed by atoms with van der Waals surface area (Å²) >= 11 is 2.23. The first-order valence-corrected chi connectivity index (χ1v) is 7.10. The van der Waals surface area contributed by atoms with E-state index < -0.39 is 0 Å². The van der Waals surface area contributed by atoms with Crippen molar-refractivity contribution in [1.82, 2.24) is 9.97 Å². The first kappa shape index (κ1) is 12.4. The molecule has 0 aliphatic heterocycles. The standard InChI is InChI=1S/C14H12IN3O/c1-2-16-14-11(15)7-17-13(18-14)10-8-19-12-6-4-3-5-9(10)12/h3-8H,2H2,1H3,(H,16,17,18). The number of aromatic nitrogens is 2. The van der Waals surface area contributed by atoms with Crippen molar-refractivity contribution in [3.63, 3.8) is 0 Å². The van der Waals surface area contributed by atoms with Crippen LogP contribution < -0.4 is 5.32 Å². The van der Waals surface area contributed by atoms with E-state index in [1.165, 1.54) is 0 Å². The molecule has 3 aromatic rings. The molecule has 0 fully saturated rings. The smallest absolute Gasteiger partial charge is 0.165 e. The van der Waals surface area contributed by atoms with Gasteiger partial charge in [0.15, 0.2) is 5.82 Å². The number of hydrogen-bond donors (Lipinski definition) is 1. The minimum absolute atomic E-state index is 0.682. The highest BCUT2D eigenvalue weighted by molar-refractivity contribution is 14.1. The van der Waals surface area contributed by atoms with E-state index in [2.05, 4.69) is 37.9 Å². The van der Waals surface area contributed by atoms with Crippen LogP contribution >= 0.6 is 22.6 Å². The van der Waals surface area contributed by atoms with Gasteiger partial charge < -0.3 is 9.73 Å². The lowest BCUT2D eigenvalue weighted by Gasteiger charge is -2.06. The molecule has 0 aliphatic carbocycles. The molecule has 1 N–H and O–H groups in total. The van der Waals surface area contributed by atoms with Crippen LogP contribution in [0.25, 0.3) is 22.4 Å². The number of nitrogens with zero attached hydrogens (tertiary/aromatic N) is 2. The van der Waals surface area contributed by atoms with E-state index >= 15 is 0 Å². The van der Waals surface area contributed by atoms with Gasteiger partial charge in [0, 0.05) is 18.1 Å². The van der Waals surface area contributed by atoms with Gasteiger partial charge in [-0.25, -0.2) is 9.97 Å². The summed E-state index contributed by atoms with van der Waals surface area (Å²) < 4.78 is 6.54. The minimum atomic E-state index is 0.682. The Morgan fingerprint density at radius 2 is 2.16 bits per heavy atom. The normalized spacial score (nSPS) is 10.8. The van der Waals surface area contributed by atoms with Crippen molar-refractivity contribution in [3.8, 4) is 11.4 Å². The molecular formula is C14H12IN3O. The quantitative estimate of drug-likeness (QED) is 0.715. The molecule has 1 aromatic carbocycles. The van der Waals surface area contributed by atoms with Gasteiger partial charge in [0.1, 0.15) is 17.7 Å². The molecule has 2 heterocycles. The van der Waals surface area contributed by atoms with Crippen LogP contribution in [0.5, 0.6) is 0 Å². The summed E-state index contributed by atoms with van der Waals surface area (Å²) in [4.78, 5) is 8.96. The first-order chi connectivity index (χ1) is 9.29. The van der Waals surface area contributed by atoms with Crippen LogP contribution in [-0.4, -0.2) is 16.5 Å². The highest BCUT2D eigenvalue weighted by atomic mass is 127. The number of hydrogen-bond acceptors (Lipinski definition) is 4. The van der Waals surface area contributed by atoms with Crippen LogP contribution in [0, 0.1) is 3.57 Å². The number of para-hydroxylation sites is 1. The maximum absolute atomic E-state index is 5.53. The van der Waals surface area contributed by atoms with Gasteiger partial charge >= 0.3 is 0 Å². The number of fused-ring (bicyclic) bond motifs is 1. The highest BCUT2D eigenvalue weighted by Crippen LogP contribution is 2.29. The van der Waals surface area contributed by atoms with Crippen molar-refractivity contribution in [2.75, 3.05) is 11.9 Å². The minimum Gasteiger partial charge on any atom is -0.464 e. The van der Waals surface area contributed by atoms with Gasteiger partial charge in [-0.05, 0) is 35.6 Å². The Labute approximate surface area is 124 Å². The molecule has 0 aliphatic rings. The van der Waals surface area contributed by atoms with Crippen molar-refractivity contribution in [1.29, 1.82) is 0 Å². The fourth-order valence-corrected chi connectivity index (χ4v) is 2.39. The van der Waals surface area contributed by atoms with E-state index in [1.54, 1.807) is 6.26 Å². The summed E-state index contributed by atoms with van der Waals surface area (Å²) in [5.74, 6) is 1.54. The summed E-state index contributed by atoms with van der Waals surface area (Å²) in [6.45, 7) is 2.88. The first-order valence-electron chi connectivity index (χ1n) is 6.02. The van der Waals surface area contributed by atoms with Gasteiger partial charge in [-0.3, -0.25) is 0 Å². The lowest BCUT2D eigenvalue weighted by atomic mass is 10.1. The second-order valence-corrected chi connectivity index (χ2v) is 5.23. The number of furan rings is 1. The predicted octanol–water partition coefficient (Wildman–Crippen LogP) is 3.93. The SMILES string of the molecule is CCNc1nc(-c2coc3ccccc23)ncc1I. The molecular weight excluding hydrogens is 353 g/mol. The number of rotatable bonds is 3. The Morgan fingerprint density at radius 3 is 3.00 bits per heavy atom. The van der Waals surface area contributed by atoms with E-state index in [4.69, 9.17) is 4.42 Å². The summed E-state index contributed by atoms with van der Waals surface area (Å²) in [5, 5.41) is 4.27. The van der Waals surface area contributed by atoms with Gasteiger partial charge in [-0.15, -0.1) is 0 Å². The second-order valence-electron chi connectivity index (χ2n) is 4.07. The second kappa shape index (κ2) is 5.16. The Bertz CT molecular complexity index is 724. The Balaban J connectivity index is 2.13. The Kier molecular flexibility index (Phi) is 3.37. The van der Waals surface area contributed by atoms with Gasteiger partial charge in [-0.1, -0.05) is 18.2 Å². The monoisotopic (exact) mass is 365 g/mol. The van der Waals surface area contributed by atoms with Crippen molar-refractivity contribution in [2.45, 2.75) is 6.92 Å². The van der Waals surface area contributed by atoms with E-state index in [1.807, 2.05) is 37.4 Å². The maximum Gasteiger partial charge on any atom is 0.165 e. The lowest BCUT2D eigenvalue weighted by molar-refractivity contribution is 0.616. The number of nitrogens with one attached hydrogen (secondary N) is 1. The highest BCUT2D eigenvalue weighted by Gasteiger charge is 2.12. The van der Waals surface area contributed by atoms with Gasteiger partial charge in [0.25, 0.3) is 0 Å². The zero-order chi connectivity index (χ0) is 13.2. The molecule has 4 nitrogen and oxygen atoms in total. The largest absolute Gasteiger partial charge is 0.464 e. The molecule has 96 valence electrons. The third-order valence-electron chi connectivity index (χ3n) is 2.81. The van der Waals surface area contributed by atoms with Gasteiger partial charge in [0.05, 0.1) is 9.13 Å². The van der Waals surface area contributed by atoms with Gasteiger partial charge in [-0.2, -0.15) is 0 Å². The van der Waals surface area contributed by atoms with Crippen LogP contribution in [0.1, 0.15) is 6.92 Å². The number of halogens is 1. The molecule has 2 aromatic heterocycles. The fraction of sp³-hybridized carbons (Fsp3) is 0.143. The number of benzene rings is 1. The molecule has 5 heteroatoms. The van der Waals surface area contributed by atoms with E-state index in [-0.39, 0.29) is 0 Å². The Morgan fingerprint density at radius 1 is 1.32 bits per heavy atom. The average Bonchev–Trinajstić information content (AvgIpc) is 2.85. The molecule has 19 heavy (non-hydrogen) atoms. The van der Waals surface area contributed by atoms with Gasteiger partial charge in [0.2, 0.25) is 0 Å². The molecule has 0 radical (unpaired) electrons. The number of anilines is 1. The lowest BCUT2D eigenvalue weighted by Crippen LogP contribution is -2.03. The molecule has 0 saturated carbocycles. The topological polar surface area (TPSA) is 51.0 Å². The molecule has 0 bridgehead atoms. The molecule has 0 amide bonds. The Hall–Kier alpha value is -1.63. The van der Waals surface area contributed by atoms with Crippen molar-refractivity contribution in [3.05, 3.63) is 40.3 Å². The summed E-state index contributed by atoms with van der Waals surface area (Å²) in [7, 11) is 0. The van der Waals surface area contributed by atoms with Crippen LogP contribution in [0.3, 0.4) is 0 Å². The van der Waals surface area contributed by atoms with Crippen LogP contribution in [0.2, 0.25) is 0 Å². The van der Waals surface area contributed by atoms with Crippen molar-refractivity contribution >= 4 is 39.4 Å². The van der Waals surface area contributed by atoms with Crippen LogP contribution in [-0.2, 0) is 0 Å². The summed E-state index contributed by atoms with van der Waals surface area (Å²) in [5.41, 5.74) is 1.77.